The third kappa shape index (κ3) is 7.39. The first-order valence-corrected chi connectivity index (χ1v) is 18.4. The Morgan fingerprint density at radius 2 is 1.22 bits per heavy atom. The van der Waals surface area contributed by atoms with E-state index in [1.54, 1.807) is 0 Å². The first kappa shape index (κ1) is 36.2. The summed E-state index contributed by atoms with van der Waals surface area (Å²) in [5.74, 6) is 0.624. The second-order valence-corrected chi connectivity index (χ2v) is 14.2. The Morgan fingerprint density at radius 1 is 0.667 bits per heavy atom. The molecule has 3 aliphatic rings. The van der Waals surface area contributed by atoms with E-state index in [-0.39, 0.29) is 13.2 Å². The van der Waals surface area contributed by atoms with Crippen LogP contribution < -0.4 is 0 Å². The number of hydrogen-bond acceptors (Lipinski definition) is 11. The molecule has 11 atom stereocenters. The highest BCUT2D eigenvalue weighted by Crippen LogP contribution is 2.42. The fourth-order valence-electron chi connectivity index (χ4n) is 7.11. The van der Waals surface area contributed by atoms with Crippen molar-refractivity contribution in [2.45, 2.75) is 79.4 Å². The summed E-state index contributed by atoms with van der Waals surface area (Å²) >= 11 is 1.36. The number of fused-ring (bicyclic) bond motifs is 1. The Bertz CT molecular complexity index is 1550. The van der Waals surface area contributed by atoms with E-state index in [4.69, 9.17) is 28.4 Å². The number of thioether (sulfide) groups is 1. The molecular formula is C40H44O10S. The Morgan fingerprint density at radius 3 is 1.76 bits per heavy atom. The van der Waals surface area contributed by atoms with Crippen molar-refractivity contribution in [3.8, 4) is 0 Å². The normalized spacial score (nSPS) is 32.6. The molecular weight excluding hydrogens is 672 g/mol. The third-order valence-corrected chi connectivity index (χ3v) is 10.7. The maximum absolute atomic E-state index is 11.6. The molecule has 11 heteroatoms. The van der Waals surface area contributed by atoms with E-state index in [9.17, 15) is 20.4 Å². The van der Waals surface area contributed by atoms with Gasteiger partial charge in [-0.25, -0.2) is 0 Å². The minimum Gasteiger partial charge on any atom is -0.387 e. The average molecular weight is 717 g/mol. The topological polar surface area (TPSA) is 136 Å². The molecule has 270 valence electrons. The molecule has 0 bridgehead atoms. The maximum Gasteiger partial charge on any atom is 0.187 e. The van der Waals surface area contributed by atoms with Crippen LogP contribution in [0, 0.1) is 0 Å². The summed E-state index contributed by atoms with van der Waals surface area (Å²) in [6.07, 6.45) is -11.7. The van der Waals surface area contributed by atoms with E-state index in [2.05, 4.69) is 0 Å². The van der Waals surface area contributed by atoms with Crippen molar-refractivity contribution in [2.75, 3.05) is 19.0 Å². The van der Waals surface area contributed by atoms with Gasteiger partial charge in [-0.1, -0.05) is 128 Å². The average Bonchev–Trinajstić information content (AvgIpc) is 3.18. The van der Waals surface area contributed by atoms with Crippen molar-refractivity contribution in [3.05, 3.63) is 144 Å². The van der Waals surface area contributed by atoms with Gasteiger partial charge in [-0.05, 0) is 22.4 Å². The van der Waals surface area contributed by atoms with Crippen LogP contribution in [0.15, 0.2) is 121 Å². The summed E-state index contributed by atoms with van der Waals surface area (Å²) in [5, 5.41) is 45.3. The van der Waals surface area contributed by atoms with Gasteiger partial charge in [-0.3, -0.25) is 0 Å². The zero-order chi connectivity index (χ0) is 35.4. The Balaban J connectivity index is 1.17. The van der Waals surface area contributed by atoms with Crippen LogP contribution in [0.2, 0.25) is 0 Å². The van der Waals surface area contributed by atoms with E-state index in [1.165, 1.54) is 11.8 Å². The lowest BCUT2D eigenvalue weighted by Crippen LogP contribution is -2.65. The highest BCUT2D eigenvalue weighted by Gasteiger charge is 2.53. The van der Waals surface area contributed by atoms with Crippen LogP contribution in [0.4, 0.5) is 0 Å². The van der Waals surface area contributed by atoms with Crippen LogP contribution in [-0.2, 0) is 34.0 Å². The SMILES string of the molecule is CCS[C@@H]1O[C@H](COC(c2ccccc2)(c2ccccc2)c2ccccc2)[C@@H](O[C@H]2O[C@@H]3COC(c4ccccc4)O[C@H]3[C@H](O)[C@H]2O)[C@H](O)[C@H]1O. The largest absolute Gasteiger partial charge is 0.387 e. The monoisotopic (exact) mass is 716 g/mol. The summed E-state index contributed by atoms with van der Waals surface area (Å²) in [6.45, 7) is 1.92. The van der Waals surface area contributed by atoms with Gasteiger partial charge in [0.1, 0.15) is 59.9 Å². The molecule has 0 radical (unpaired) electrons. The maximum atomic E-state index is 11.6. The van der Waals surface area contributed by atoms with Gasteiger partial charge in [0, 0.05) is 5.56 Å². The Labute approximate surface area is 301 Å². The fraction of sp³-hybridized carbons (Fsp3) is 0.400. The quantitative estimate of drug-likeness (QED) is 0.167. The minimum atomic E-state index is -1.55. The zero-order valence-electron chi connectivity index (χ0n) is 28.2. The number of benzene rings is 4. The molecule has 7 rings (SSSR count). The van der Waals surface area contributed by atoms with Gasteiger partial charge in [-0.2, -0.15) is 0 Å². The number of hydrogen-bond donors (Lipinski definition) is 4. The lowest BCUT2D eigenvalue weighted by Gasteiger charge is -2.49. The minimum absolute atomic E-state index is 0.0652. The molecule has 0 aromatic heterocycles. The molecule has 0 aliphatic carbocycles. The molecule has 0 amide bonds. The first-order valence-electron chi connectivity index (χ1n) is 17.3. The predicted octanol–water partition coefficient (Wildman–Crippen LogP) is 4.14. The highest BCUT2D eigenvalue weighted by molar-refractivity contribution is 7.99. The standard InChI is InChI=1S/C40H44O10S/c1-2-51-39-34(44)32(42)36(50-38-33(43)31(41)35-29(47-38)23-45-37(49-35)25-15-7-3-8-16-25)30(48-39)24-46-40(26-17-9-4-10-18-26,27-19-11-5-12-20-27)28-21-13-6-14-22-28/h3-22,29-39,41-44H,2,23-24H2,1H3/t29-,30-,31-,32-,33-,34-,35-,36-,37?,38-,39+/m1/s1. The molecule has 51 heavy (non-hydrogen) atoms. The number of aliphatic hydroxyl groups is 4. The van der Waals surface area contributed by atoms with Crippen molar-refractivity contribution < 1.29 is 48.8 Å². The fourth-order valence-corrected chi connectivity index (χ4v) is 8.02. The van der Waals surface area contributed by atoms with Crippen molar-refractivity contribution in [1.29, 1.82) is 0 Å². The summed E-state index contributed by atoms with van der Waals surface area (Å²) in [5.41, 5.74) is 1.53. The van der Waals surface area contributed by atoms with Crippen LogP contribution in [0.25, 0.3) is 0 Å². The van der Waals surface area contributed by atoms with Crippen LogP contribution in [0.3, 0.4) is 0 Å². The smallest absolute Gasteiger partial charge is 0.187 e. The number of ether oxygens (including phenoxy) is 6. The molecule has 3 saturated heterocycles. The summed E-state index contributed by atoms with van der Waals surface area (Å²) in [7, 11) is 0. The van der Waals surface area contributed by atoms with Crippen LogP contribution in [0.5, 0.6) is 0 Å². The van der Waals surface area contributed by atoms with Gasteiger partial charge in [0.25, 0.3) is 0 Å². The van der Waals surface area contributed by atoms with E-state index in [1.807, 2.05) is 128 Å². The molecule has 3 aliphatic heterocycles. The molecule has 4 aromatic carbocycles. The van der Waals surface area contributed by atoms with Gasteiger partial charge in [0.15, 0.2) is 12.6 Å². The molecule has 3 heterocycles. The van der Waals surface area contributed by atoms with Gasteiger partial charge >= 0.3 is 0 Å². The second kappa shape index (κ2) is 16.2. The lowest BCUT2D eigenvalue weighted by atomic mass is 9.80. The van der Waals surface area contributed by atoms with E-state index in [0.717, 1.165) is 22.3 Å². The second-order valence-electron chi connectivity index (χ2n) is 12.9. The first-order chi connectivity index (χ1) is 24.9. The Kier molecular flexibility index (Phi) is 11.5. The molecule has 3 fully saturated rings. The van der Waals surface area contributed by atoms with Crippen molar-refractivity contribution >= 4 is 11.8 Å². The summed E-state index contributed by atoms with van der Waals surface area (Å²) < 4.78 is 37.9. The number of aliphatic hydroxyl groups excluding tert-OH is 4. The molecule has 0 saturated carbocycles. The van der Waals surface area contributed by atoms with E-state index >= 15 is 0 Å². The summed E-state index contributed by atoms with van der Waals surface area (Å²) in [6, 6.07) is 38.9. The van der Waals surface area contributed by atoms with E-state index < -0.39 is 72.4 Å². The van der Waals surface area contributed by atoms with Gasteiger partial charge in [0.2, 0.25) is 0 Å². The van der Waals surface area contributed by atoms with Gasteiger partial charge in [0.05, 0.1) is 13.2 Å². The van der Waals surface area contributed by atoms with Crippen LogP contribution in [-0.4, -0.2) is 100.0 Å². The molecule has 0 spiro atoms. The highest BCUT2D eigenvalue weighted by atomic mass is 32.2. The van der Waals surface area contributed by atoms with Crippen molar-refractivity contribution in [2.24, 2.45) is 0 Å². The molecule has 10 nitrogen and oxygen atoms in total. The third-order valence-electron chi connectivity index (χ3n) is 9.67. The molecule has 1 unspecified atom stereocenters. The lowest BCUT2D eigenvalue weighted by molar-refractivity contribution is -0.378. The van der Waals surface area contributed by atoms with Crippen molar-refractivity contribution in [1.82, 2.24) is 0 Å². The Hall–Kier alpha value is -3.17. The van der Waals surface area contributed by atoms with Crippen molar-refractivity contribution in [3.63, 3.8) is 0 Å². The van der Waals surface area contributed by atoms with Gasteiger partial charge < -0.3 is 48.8 Å². The van der Waals surface area contributed by atoms with Crippen LogP contribution >= 0.6 is 11.8 Å². The number of rotatable bonds is 11. The zero-order valence-corrected chi connectivity index (χ0v) is 29.0. The summed E-state index contributed by atoms with van der Waals surface area (Å²) in [4.78, 5) is 0. The van der Waals surface area contributed by atoms with E-state index in [0.29, 0.717) is 5.75 Å². The predicted molar refractivity (Wildman–Crippen MR) is 190 cm³/mol. The molecule has 4 N–H and O–H groups in total. The van der Waals surface area contributed by atoms with Gasteiger partial charge in [-0.15, -0.1) is 11.8 Å². The van der Waals surface area contributed by atoms with Crippen LogP contribution in [0.1, 0.15) is 35.5 Å². The molecule has 4 aromatic rings.